The van der Waals surface area contributed by atoms with Crippen LogP contribution in [-0.4, -0.2) is 29.7 Å². The monoisotopic (exact) mass is 443 g/mol. The standard InChI is InChI=1S/C22H19ClFN3O4/c1-30-14-7-5-11(21(26)29)16(19(14)24)17-12(23)6-8-13-18(17)20(28)22(10-25,31-13)15-4-2-3-9-27-15/h2-9,20,28H,10,25H2,1H3,(H2,26,29). The number of nitrogens with two attached hydrogens (primary N) is 2. The molecule has 2 aromatic carbocycles. The van der Waals surface area contributed by atoms with E-state index in [9.17, 15) is 9.90 Å². The van der Waals surface area contributed by atoms with Gasteiger partial charge in [-0.3, -0.25) is 9.78 Å². The number of pyridine rings is 1. The van der Waals surface area contributed by atoms with Gasteiger partial charge in [0.15, 0.2) is 17.2 Å². The van der Waals surface area contributed by atoms with Crippen molar-refractivity contribution >= 4 is 17.5 Å². The number of carbonyl (C=O) groups excluding carboxylic acids is 1. The Balaban J connectivity index is 2.02. The molecule has 7 nitrogen and oxygen atoms in total. The van der Waals surface area contributed by atoms with E-state index in [1.165, 1.54) is 25.3 Å². The van der Waals surface area contributed by atoms with Crippen LogP contribution in [-0.2, 0) is 5.60 Å². The third kappa shape index (κ3) is 3.11. The van der Waals surface area contributed by atoms with E-state index < -0.39 is 23.4 Å². The second-order valence-corrected chi connectivity index (χ2v) is 7.42. The van der Waals surface area contributed by atoms with Gasteiger partial charge in [0.1, 0.15) is 11.9 Å². The van der Waals surface area contributed by atoms with Gasteiger partial charge >= 0.3 is 0 Å². The number of halogens is 2. The van der Waals surface area contributed by atoms with E-state index in [4.69, 9.17) is 32.5 Å². The maximum atomic E-state index is 15.4. The Morgan fingerprint density at radius 2 is 2.06 bits per heavy atom. The number of hydrogen-bond donors (Lipinski definition) is 3. The third-order valence-electron chi connectivity index (χ3n) is 5.41. The average molecular weight is 444 g/mol. The molecule has 1 aromatic heterocycles. The van der Waals surface area contributed by atoms with E-state index in [-0.39, 0.29) is 45.3 Å². The van der Waals surface area contributed by atoms with Crippen LogP contribution in [0, 0.1) is 5.82 Å². The highest BCUT2D eigenvalue weighted by Crippen LogP contribution is 2.54. The molecule has 1 aliphatic heterocycles. The summed E-state index contributed by atoms with van der Waals surface area (Å²) in [6.07, 6.45) is 0.189. The Kier molecular flexibility index (Phi) is 5.30. The van der Waals surface area contributed by atoms with Crippen LogP contribution >= 0.6 is 11.6 Å². The summed E-state index contributed by atoms with van der Waals surface area (Å²) in [6, 6.07) is 10.8. The van der Waals surface area contributed by atoms with E-state index >= 15 is 4.39 Å². The highest BCUT2D eigenvalue weighted by molar-refractivity contribution is 6.34. The molecule has 1 aliphatic rings. The van der Waals surface area contributed by atoms with Crippen molar-refractivity contribution < 1.29 is 23.8 Å². The van der Waals surface area contributed by atoms with Crippen LogP contribution in [0.1, 0.15) is 27.7 Å². The van der Waals surface area contributed by atoms with Gasteiger partial charge in [0.25, 0.3) is 0 Å². The minimum absolute atomic E-state index is 0.0723. The predicted octanol–water partition coefficient (Wildman–Crippen LogP) is 2.93. The number of carbonyl (C=O) groups is 1. The predicted molar refractivity (Wildman–Crippen MR) is 112 cm³/mol. The highest BCUT2D eigenvalue weighted by Gasteiger charge is 2.51. The van der Waals surface area contributed by atoms with Crippen molar-refractivity contribution in [3.05, 3.63) is 76.3 Å². The van der Waals surface area contributed by atoms with Crippen LogP contribution < -0.4 is 20.9 Å². The maximum Gasteiger partial charge on any atom is 0.249 e. The molecule has 4 rings (SSSR count). The molecule has 0 aliphatic carbocycles. The van der Waals surface area contributed by atoms with Gasteiger partial charge in [-0.15, -0.1) is 0 Å². The molecule has 2 unspecified atom stereocenters. The zero-order chi connectivity index (χ0) is 22.3. The lowest BCUT2D eigenvalue weighted by atomic mass is 9.85. The number of fused-ring (bicyclic) bond motifs is 1. The van der Waals surface area contributed by atoms with Crippen molar-refractivity contribution in [3.8, 4) is 22.6 Å². The molecule has 9 heteroatoms. The number of aliphatic hydroxyl groups excluding tert-OH is 1. The van der Waals surface area contributed by atoms with Gasteiger partial charge in [-0.2, -0.15) is 0 Å². The number of benzene rings is 2. The third-order valence-corrected chi connectivity index (χ3v) is 5.72. The van der Waals surface area contributed by atoms with Gasteiger partial charge in [-0.1, -0.05) is 17.7 Å². The smallest absolute Gasteiger partial charge is 0.249 e. The summed E-state index contributed by atoms with van der Waals surface area (Å²) < 4.78 is 26.6. The summed E-state index contributed by atoms with van der Waals surface area (Å²) in [4.78, 5) is 16.4. The van der Waals surface area contributed by atoms with Gasteiger partial charge in [0.05, 0.1) is 18.4 Å². The molecule has 160 valence electrons. The molecular weight excluding hydrogens is 425 g/mol. The minimum Gasteiger partial charge on any atom is -0.494 e. The summed E-state index contributed by atoms with van der Waals surface area (Å²) in [6.45, 7) is -0.125. The van der Waals surface area contributed by atoms with Crippen LogP contribution in [0.5, 0.6) is 11.5 Å². The summed E-state index contributed by atoms with van der Waals surface area (Å²) in [5.74, 6) is -1.59. The van der Waals surface area contributed by atoms with Gasteiger partial charge in [0, 0.05) is 34.5 Å². The van der Waals surface area contributed by atoms with Crippen molar-refractivity contribution in [1.82, 2.24) is 4.98 Å². The van der Waals surface area contributed by atoms with Crippen molar-refractivity contribution in [2.24, 2.45) is 11.5 Å². The Bertz CT molecular complexity index is 1180. The number of methoxy groups -OCH3 is 1. The molecule has 2 heterocycles. The molecule has 1 amide bonds. The Hall–Kier alpha value is -3.20. The fraction of sp³-hybridized carbons (Fsp3) is 0.182. The summed E-state index contributed by atoms with van der Waals surface area (Å²) in [5.41, 5.74) is 10.4. The Morgan fingerprint density at radius 3 is 2.68 bits per heavy atom. The molecule has 5 N–H and O–H groups in total. The molecule has 31 heavy (non-hydrogen) atoms. The molecular formula is C22H19ClFN3O4. The number of aromatic nitrogens is 1. The van der Waals surface area contributed by atoms with Crippen molar-refractivity contribution in [2.75, 3.05) is 13.7 Å². The first kappa shape index (κ1) is 21.0. The van der Waals surface area contributed by atoms with E-state index in [0.717, 1.165) is 0 Å². The van der Waals surface area contributed by atoms with E-state index in [1.807, 2.05) is 0 Å². The molecule has 0 saturated carbocycles. The number of primary amides is 1. The Morgan fingerprint density at radius 1 is 1.29 bits per heavy atom. The van der Waals surface area contributed by atoms with Crippen LogP contribution in [0.3, 0.4) is 0 Å². The lowest BCUT2D eigenvalue weighted by Gasteiger charge is -2.30. The first-order valence-electron chi connectivity index (χ1n) is 9.33. The second kappa shape index (κ2) is 7.81. The maximum absolute atomic E-state index is 15.4. The zero-order valence-corrected chi connectivity index (χ0v) is 17.2. The quantitative estimate of drug-likeness (QED) is 0.557. The van der Waals surface area contributed by atoms with E-state index in [1.54, 1.807) is 30.5 Å². The van der Waals surface area contributed by atoms with E-state index in [2.05, 4.69) is 4.98 Å². The average Bonchev–Trinajstić information content (AvgIpc) is 3.07. The van der Waals surface area contributed by atoms with Crippen LogP contribution in [0.2, 0.25) is 5.02 Å². The number of rotatable bonds is 5. The largest absolute Gasteiger partial charge is 0.494 e. The topological polar surface area (TPSA) is 121 Å². The molecule has 0 spiro atoms. The molecule has 3 aromatic rings. The molecule has 2 atom stereocenters. The molecule has 0 fully saturated rings. The SMILES string of the molecule is COc1ccc(C(N)=O)c(-c2c(Cl)ccc3c2C(O)C(CN)(c2ccccn2)O3)c1F. The number of nitrogens with zero attached hydrogens (tertiary/aromatic N) is 1. The van der Waals surface area contributed by atoms with Gasteiger partial charge in [-0.05, 0) is 36.4 Å². The van der Waals surface area contributed by atoms with Gasteiger partial charge in [-0.25, -0.2) is 4.39 Å². The summed E-state index contributed by atoms with van der Waals surface area (Å²) in [7, 11) is 1.29. The van der Waals surface area contributed by atoms with Crippen LogP contribution in [0.15, 0.2) is 48.7 Å². The molecule has 0 saturated heterocycles. The Labute approximate surface area is 182 Å². The van der Waals surface area contributed by atoms with E-state index in [0.29, 0.717) is 5.69 Å². The van der Waals surface area contributed by atoms with Crippen molar-refractivity contribution in [3.63, 3.8) is 0 Å². The number of hydrogen-bond acceptors (Lipinski definition) is 6. The highest BCUT2D eigenvalue weighted by atomic mass is 35.5. The van der Waals surface area contributed by atoms with Crippen molar-refractivity contribution in [2.45, 2.75) is 11.7 Å². The van der Waals surface area contributed by atoms with Crippen LogP contribution in [0.25, 0.3) is 11.1 Å². The summed E-state index contributed by atoms with van der Waals surface area (Å²) in [5, 5.41) is 11.5. The van der Waals surface area contributed by atoms with Gasteiger partial charge in [0.2, 0.25) is 5.91 Å². The molecule has 0 bridgehead atoms. The fourth-order valence-corrected chi connectivity index (χ4v) is 4.16. The number of amides is 1. The second-order valence-electron chi connectivity index (χ2n) is 7.02. The lowest BCUT2D eigenvalue weighted by molar-refractivity contribution is -0.0287. The summed E-state index contributed by atoms with van der Waals surface area (Å²) >= 11 is 6.46. The minimum atomic E-state index is -1.43. The lowest BCUT2D eigenvalue weighted by Crippen LogP contribution is -2.43. The first-order valence-corrected chi connectivity index (χ1v) is 9.71. The fourth-order valence-electron chi connectivity index (χ4n) is 3.90. The van der Waals surface area contributed by atoms with Crippen molar-refractivity contribution in [1.29, 1.82) is 0 Å². The molecule has 0 radical (unpaired) electrons. The number of ether oxygens (including phenoxy) is 2. The van der Waals surface area contributed by atoms with Gasteiger partial charge < -0.3 is 26.0 Å². The number of aliphatic hydroxyl groups is 1. The normalized spacial score (nSPS) is 19.6. The zero-order valence-electron chi connectivity index (χ0n) is 16.4. The first-order chi connectivity index (χ1) is 14.9. The van der Waals surface area contributed by atoms with Crippen LogP contribution in [0.4, 0.5) is 4.39 Å².